The van der Waals surface area contributed by atoms with Crippen LogP contribution >= 0.6 is 0 Å². The van der Waals surface area contributed by atoms with Crippen molar-refractivity contribution in [3.8, 4) is 0 Å². The molecule has 0 fully saturated rings. The van der Waals surface area contributed by atoms with Gasteiger partial charge in [-0.25, -0.2) is 0 Å². The second kappa shape index (κ2) is 11.9. The second-order valence-corrected chi connectivity index (χ2v) is 5.47. The lowest BCUT2D eigenvalue weighted by atomic mass is 10.1. The molecule has 18 heavy (non-hydrogen) atoms. The summed E-state index contributed by atoms with van der Waals surface area (Å²) in [6.07, 6.45) is 5.32. The third-order valence-electron chi connectivity index (χ3n) is 3.45. The van der Waals surface area contributed by atoms with E-state index in [4.69, 9.17) is 4.74 Å². The molecule has 0 aromatic heterocycles. The van der Waals surface area contributed by atoms with Crippen LogP contribution in [-0.2, 0) is 4.74 Å². The number of nitrogens with zero attached hydrogens (tertiary/aromatic N) is 1. The van der Waals surface area contributed by atoms with Crippen molar-refractivity contribution in [1.82, 2.24) is 10.2 Å². The van der Waals surface area contributed by atoms with E-state index in [-0.39, 0.29) is 0 Å². The first-order valence-electron chi connectivity index (χ1n) is 7.58. The molecule has 0 rings (SSSR count). The van der Waals surface area contributed by atoms with Crippen molar-refractivity contribution in [2.75, 3.05) is 33.4 Å². The lowest BCUT2D eigenvalue weighted by Gasteiger charge is -2.27. The zero-order valence-corrected chi connectivity index (χ0v) is 13.2. The summed E-state index contributed by atoms with van der Waals surface area (Å²) in [5.41, 5.74) is 0. The van der Waals surface area contributed by atoms with Crippen molar-refractivity contribution in [2.45, 2.75) is 65.5 Å². The molecule has 0 amide bonds. The van der Waals surface area contributed by atoms with E-state index in [1.807, 2.05) is 0 Å². The molecule has 0 radical (unpaired) electrons. The highest BCUT2D eigenvalue weighted by atomic mass is 16.5. The monoisotopic (exact) mass is 258 g/mol. The molecule has 0 spiro atoms. The van der Waals surface area contributed by atoms with Gasteiger partial charge in [-0.05, 0) is 27.2 Å². The van der Waals surface area contributed by atoms with Crippen LogP contribution < -0.4 is 5.32 Å². The fourth-order valence-electron chi connectivity index (χ4n) is 2.09. The Hall–Kier alpha value is -0.120. The van der Waals surface area contributed by atoms with Gasteiger partial charge in [0.1, 0.15) is 0 Å². The van der Waals surface area contributed by atoms with E-state index in [9.17, 15) is 0 Å². The van der Waals surface area contributed by atoms with Crippen LogP contribution in [0, 0.1) is 0 Å². The van der Waals surface area contributed by atoms with Gasteiger partial charge in [-0.1, -0.05) is 26.2 Å². The summed E-state index contributed by atoms with van der Waals surface area (Å²) < 4.78 is 5.15. The average Bonchev–Trinajstić information content (AvgIpc) is 2.33. The van der Waals surface area contributed by atoms with Crippen molar-refractivity contribution >= 4 is 0 Å². The van der Waals surface area contributed by atoms with Gasteiger partial charge in [-0.15, -0.1) is 0 Å². The van der Waals surface area contributed by atoms with Crippen LogP contribution in [0.15, 0.2) is 0 Å². The van der Waals surface area contributed by atoms with Crippen LogP contribution in [0.5, 0.6) is 0 Å². The second-order valence-electron chi connectivity index (χ2n) is 5.47. The summed E-state index contributed by atoms with van der Waals surface area (Å²) in [5, 5.41) is 3.62. The topological polar surface area (TPSA) is 24.5 Å². The molecule has 0 aliphatic heterocycles. The van der Waals surface area contributed by atoms with Crippen molar-refractivity contribution in [3.63, 3.8) is 0 Å². The average molecular weight is 258 g/mol. The maximum absolute atomic E-state index is 5.15. The molecular formula is C15H34N2O. The summed E-state index contributed by atoms with van der Waals surface area (Å²) in [6.45, 7) is 13.1. The molecule has 110 valence electrons. The van der Waals surface area contributed by atoms with Gasteiger partial charge in [-0.3, -0.25) is 4.90 Å². The standard InChI is InChI=1S/C15H34N2O/c1-6-7-8-9-15(4)16-10-11-17(14(2)3)12-13-18-5/h14-16H,6-13H2,1-5H3. The SMILES string of the molecule is CCCCCC(C)NCCN(CCOC)C(C)C. The Morgan fingerprint density at radius 3 is 2.39 bits per heavy atom. The molecule has 3 heteroatoms. The predicted molar refractivity (Wildman–Crippen MR) is 80.2 cm³/mol. The van der Waals surface area contributed by atoms with Gasteiger partial charge < -0.3 is 10.1 Å². The van der Waals surface area contributed by atoms with Crippen LogP contribution in [0.2, 0.25) is 0 Å². The van der Waals surface area contributed by atoms with Crippen molar-refractivity contribution in [2.24, 2.45) is 0 Å². The Morgan fingerprint density at radius 1 is 1.11 bits per heavy atom. The number of hydrogen-bond acceptors (Lipinski definition) is 3. The minimum atomic E-state index is 0.595. The molecule has 1 N–H and O–H groups in total. The van der Waals surface area contributed by atoms with E-state index in [0.717, 1.165) is 26.2 Å². The van der Waals surface area contributed by atoms with Crippen molar-refractivity contribution in [1.29, 1.82) is 0 Å². The highest BCUT2D eigenvalue weighted by Gasteiger charge is 2.09. The lowest BCUT2D eigenvalue weighted by molar-refractivity contribution is 0.129. The van der Waals surface area contributed by atoms with E-state index in [1.165, 1.54) is 25.7 Å². The number of unbranched alkanes of at least 4 members (excludes halogenated alkanes) is 2. The van der Waals surface area contributed by atoms with Crippen LogP contribution in [-0.4, -0.2) is 50.3 Å². The van der Waals surface area contributed by atoms with Crippen LogP contribution in [0.1, 0.15) is 53.4 Å². The first-order valence-corrected chi connectivity index (χ1v) is 7.58. The quantitative estimate of drug-likeness (QED) is 0.545. The first-order chi connectivity index (χ1) is 8.61. The number of hydrogen-bond donors (Lipinski definition) is 1. The molecule has 0 bridgehead atoms. The number of methoxy groups -OCH3 is 1. The van der Waals surface area contributed by atoms with Gasteiger partial charge in [0.15, 0.2) is 0 Å². The summed E-state index contributed by atoms with van der Waals surface area (Å²) in [6, 6.07) is 1.24. The van der Waals surface area contributed by atoms with E-state index in [2.05, 4.69) is 37.9 Å². The van der Waals surface area contributed by atoms with Crippen LogP contribution in [0.3, 0.4) is 0 Å². The number of ether oxygens (including phenoxy) is 1. The van der Waals surface area contributed by atoms with E-state index in [1.54, 1.807) is 7.11 Å². The van der Waals surface area contributed by atoms with Crippen molar-refractivity contribution < 1.29 is 4.74 Å². The minimum Gasteiger partial charge on any atom is -0.383 e. The molecule has 0 aliphatic carbocycles. The Labute approximate surface area is 114 Å². The van der Waals surface area contributed by atoms with Gasteiger partial charge in [0.2, 0.25) is 0 Å². The Kier molecular flexibility index (Phi) is 11.9. The van der Waals surface area contributed by atoms with Gasteiger partial charge in [-0.2, -0.15) is 0 Å². The molecular weight excluding hydrogens is 224 g/mol. The molecule has 0 aromatic carbocycles. The summed E-state index contributed by atoms with van der Waals surface area (Å²) in [4.78, 5) is 2.47. The molecule has 3 nitrogen and oxygen atoms in total. The fraction of sp³-hybridized carbons (Fsp3) is 1.00. The zero-order chi connectivity index (χ0) is 13.8. The zero-order valence-electron chi connectivity index (χ0n) is 13.2. The summed E-state index contributed by atoms with van der Waals surface area (Å²) >= 11 is 0. The smallest absolute Gasteiger partial charge is 0.0589 e. The maximum Gasteiger partial charge on any atom is 0.0589 e. The number of rotatable bonds is 12. The predicted octanol–water partition coefficient (Wildman–Crippen LogP) is 2.90. The van der Waals surface area contributed by atoms with Gasteiger partial charge in [0.25, 0.3) is 0 Å². The molecule has 0 saturated carbocycles. The molecule has 0 aliphatic rings. The third kappa shape index (κ3) is 9.86. The normalized spacial score (nSPS) is 13.5. The summed E-state index contributed by atoms with van der Waals surface area (Å²) in [7, 11) is 1.77. The molecule has 1 unspecified atom stereocenters. The molecule has 0 saturated heterocycles. The van der Waals surface area contributed by atoms with Crippen LogP contribution in [0.25, 0.3) is 0 Å². The maximum atomic E-state index is 5.15. The molecule has 1 atom stereocenters. The van der Waals surface area contributed by atoms with Gasteiger partial charge >= 0.3 is 0 Å². The minimum absolute atomic E-state index is 0.595. The Balaban J connectivity index is 3.64. The molecule has 0 heterocycles. The largest absolute Gasteiger partial charge is 0.383 e. The third-order valence-corrected chi connectivity index (χ3v) is 3.45. The van der Waals surface area contributed by atoms with Crippen molar-refractivity contribution in [3.05, 3.63) is 0 Å². The van der Waals surface area contributed by atoms with E-state index < -0.39 is 0 Å². The number of nitrogens with one attached hydrogen (secondary N) is 1. The highest BCUT2D eigenvalue weighted by Crippen LogP contribution is 2.03. The first kappa shape index (κ1) is 17.9. The van der Waals surface area contributed by atoms with Gasteiger partial charge in [0, 0.05) is 38.8 Å². The van der Waals surface area contributed by atoms with Crippen LogP contribution in [0.4, 0.5) is 0 Å². The Bertz CT molecular complexity index is 174. The summed E-state index contributed by atoms with van der Waals surface area (Å²) in [5.74, 6) is 0. The molecule has 0 aromatic rings. The lowest BCUT2D eigenvalue weighted by Crippen LogP contribution is -2.40. The van der Waals surface area contributed by atoms with Gasteiger partial charge in [0.05, 0.1) is 6.61 Å². The van der Waals surface area contributed by atoms with E-state index in [0.29, 0.717) is 12.1 Å². The highest BCUT2D eigenvalue weighted by molar-refractivity contribution is 4.67. The fourth-order valence-corrected chi connectivity index (χ4v) is 2.09. The van der Waals surface area contributed by atoms with E-state index >= 15 is 0 Å². The Morgan fingerprint density at radius 2 is 1.83 bits per heavy atom.